The number of carbonyl (C=O) groups is 2. The Bertz CT molecular complexity index is 1320. The second-order valence-electron chi connectivity index (χ2n) is 13.1. The lowest BCUT2D eigenvalue weighted by Crippen LogP contribution is -2.55. The van der Waals surface area contributed by atoms with E-state index in [1.54, 1.807) is 31.7 Å². The van der Waals surface area contributed by atoms with Gasteiger partial charge in [0.1, 0.15) is 28.9 Å². The van der Waals surface area contributed by atoms with Gasteiger partial charge in [-0.05, 0) is 101 Å². The normalized spacial score (nSPS) is 21.5. The summed E-state index contributed by atoms with van der Waals surface area (Å²) in [5, 5.41) is 19.8. The Kier molecular flexibility index (Phi) is 11.0. The molecule has 0 aliphatic carbocycles. The van der Waals surface area contributed by atoms with Gasteiger partial charge in [-0.25, -0.2) is 18.4 Å². The molecule has 0 bridgehead atoms. The average molecular weight is 621 g/mol. The molecule has 2 amide bonds. The minimum absolute atomic E-state index is 0. The lowest BCUT2D eigenvalue weighted by Gasteiger charge is -2.44. The van der Waals surface area contributed by atoms with Crippen LogP contribution in [0.3, 0.4) is 0 Å². The number of carbonyl (C=O) groups excluding carboxylic acids is 2. The van der Waals surface area contributed by atoms with E-state index in [4.69, 9.17) is 14.2 Å². The molecule has 2 aromatic rings. The second-order valence-corrected chi connectivity index (χ2v) is 13.1. The number of nitrogens with zero attached hydrogens (tertiary/aromatic N) is 2. The van der Waals surface area contributed by atoms with Gasteiger partial charge in [0.25, 0.3) is 0 Å². The number of rotatable bonds is 4. The third kappa shape index (κ3) is 8.25. The molecule has 2 fully saturated rings. The fourth-order valence-corrected chi connectivity index (χ4v) is 5.32. The molecule has 11 heteroatoms. The molecule has 3 aliphatic rings. The summed E-state index contributed by atoms with van der Waals surface area (Å²) in [6, 6.07) is 8.12. The number of benzene rings is 2. The quantitative estimate of drug-likeness (QED) is 0.407. The van der Waals surface area contributed by atoms with E-state index >= 15 is 0 Å². The van der Waals surface area contributed by atoms with Gasteiger partial charge in [-0.15, -0.1) is 0 Å². The highest BCUT2D eigenvalue weighted by atomic mass is 19.1. The summed E-state index contributed by atoms with van der Waals surface area (Å²) >= 11 is 0. The average Bonchev–Trinajstić information content (AvgIpc) is 3.22. The topological polar surface area (TPSA) is 109 Å². The predicted molar refractivity (Wildman–Crippen MR) is 161 cm³/mol. The molecule has 44 heavy (non-hydrogen) atoms. The Hall–Kier alpha value is -3.28. The number of hydrogen-bond acceptors (Lipinski definition) is 7. The first-order valence-corrected chi connectivity index (χ1v) is 14.5. The molecule has 2 aromatic carbocycles. The van der Waals surface area contributed by atoms with Crippen LogP contribution in [0.2, 0.25) is 0 Å². The number of ether oxygens (including phenoxy) is 3. The van der Waals surface area contributed by atoms with Gasteiger partial charge >= 0.3 is 12.2 Å². The maximum atomic E-state index is 13.2. The number of hydrogen-bond donors (Lipinski definition) is 2. The molecule has 2 unspecified atom stereocenters. The van der Waals surface area contributed by atoms with Crippen LogP contribution in [0.25, 0.3) is 0 Å². The van der Waals surface area contributed by atoms with Gasteiger partial charge in [0.2, 0.25) is 0 Å². The molecule has 9 nitrogen and oxygen atoms in total. The van der Waals surface area contributed by atoms with E-state index in [2.05, 4.69) is 0 Å². The Balaban J connectivity index is 0.000000235. The highest BCUT2D eigenvalue weighted by molar-refractivity contribution is 5.70. The predicted octanol–water partition coefficient (Wildman–Crippen LogP) is 6.40. The molecule has 4 atom stereocenters. The van der Waals surface area contributed by atoms with Crippen molar-refractivity contribution in [1.82, 2.24) is 9.80 Å². The van der Waals surface area contributed by atoms with Crippen LogP contribution in [0.5, 0.6) is 0 Å². The second kappa shape index (κ2) is 13.8. The zero-order valence-corrected chi connectivity index (χ0v) is 25.6. The van der Waals surface area contributed by atoms with E-state index in [0.29, 0.717) is 37.2 Å². The number of likely N-dealkylation sites (tertiary alicyclic amines) is 2. The first kappa shape index (κ1) is 35.2. The summed E-state index contributed by atoms with van der Waals surface area (Å²) < 4.78 is 42.9. The van der Waals surface area contributed by atoms with E-state index in [0.717, 1.165) is 17.5 Å². The standard InChI is InChI=1S/C16H22FNO4.C16H20FNO3.CH4/c1-16(2,3)22-15(21)18-7-6-13(18)14(20)12-5-4-11(17)8-10(12)9-19;1-16(2,3)21-15(19)18-7-6-13(18)14-12-5-4-11(17)8-10(12)9-20-14;/h4-5,8,13-14,19-20H,6-7,9H2,1-3H3;4-5,8,13-14H,6-7,9H2,1-3H3;1H4/t2*13-,14?;/m00./s1. The van der Waals surface area contributed by atoms with Crippen molar-refractivity contribution in [1.29, 1.82) is 0 Å². The monoisotopic (exact) mass is 620 g/mol. The van der Waals surface area contributed by atoms with Crippen LogP contribution >= 0.6 is 0 Å². The van der Waals surface area contributed by atoms with Gasteiger partial charge < -0.3 is 34.2 Å². The van der Waals surface area contributed by atoms with Crippen molar-refractivity contribution >= 4 is 12.2 Å². The zero-order chi connectivity index (χ0) is 31.7. The largest absolute Gasteiger partial charge is 0.444 e. The summed E-state index contributed by atoms with van der Waals surface area (Å²) in [7, 11) is 0. The maximum absolute atomic E-state index is 13.2. The Labute approximate surface area is 258 Å². The third-order valence-corrected chi connectivity index (χ3v) is 7.53. The van der Waals surface area contributed by atoms with Crippen LogP contribution in [-0.2, 0) is 27.4 Å². The third-order valence-electron chi connectivity index (χ3n) is 7.53. The van der Waals surface area contributed by atoms with Gasteiger partial charge in [0, 0.05) is 13.1 Å². The summed E-state index contributed by atoms with van der Waals surface area (Å²) in [6.45, 7) is 12.1. The summed E-state index contributed by atoms with van der Waals surface area (Å²) in [5.41, 5.74) is 1.50. The number of aliphatic hydroxyl groups is 2. The first-order valence-electron chi connectivity index (χ1n) is 14.5. The maximum Gasteiger partial charge on any atom is 0.410 e. The molecular formula is C33H46F2N2O7. The lowest BCUT2D eigenvalue weighted by molar-refractivity contribution is -0.0613. The summed E-state index contributed by atoms with van der Waals surface area (Å²) in [6.07, 6.45) is -0.442. The van der Waals surface area contributed by atoms with Gasteiger partial charge in [-0.1, -0.05) is 19.6 Å². The van der Waals surface area contributed by atoms with Crippen LogP contribution in [0.15, 0.2) is 36.4 Å². The van der Waals surface area contributed by atoms with Gasteiger partial charge in [-0.2, -0.15) is 0 Å². The number of aliphatic hydroxyl groups excluding tert-OH is 2. The number of amides is 2. The fourth-order valence-electron chi connectivity index (χ4n) is 5.32. The van der Waals surface area contributed by atoms with E-state index < -0.39 is 35.3 Å². The molecule has 5 rings (SSSR count). The Morgan fingerprint density at radius 1 is 0.932 bits per heavy atom. The smallest absolute Gasteiger partial charge is 0.410 e. The molecule has 0 saturated carbocycles. The van der Waals surface area contributed by atoms with E-state index in [9.17, 15) is 28.6 Å². The van der Waals surface area contributed by atoms with Crippen molar-refractivity contribution in [3.05, 3.63) is 70.3 Å². The first-order chi connectivity index (χ1) is 20.1. The fraction of sp³-hybridized carbons (Fsp3) is 0.576. The van der Waals surface area contributed by atoms with Crippen molar-refractivity contribution in [3.63, 3.8) is 0 Å². The number of fused-ring (bicyclic) bond motifs is 1. The number of halogens is 2. The van der Waals surface area contributed by atoms with Gasteiger partial charge in [0.05, 0.1) is 31.4 Å². The molecule has 2 N–H and O–H groups in total. The molecule has 0 aromatic heterocycles. The Morgan fingerprint density at radius 2 is 1.50 bits per heavy atom. The molecule has 3 heterocycles. The molecule has 244 valence electrons. The van der Waals surface area contributed by atoms with Crippen LogP contribution < -0.4 is 0 Å². The molecular weight excluding hydrogens is 574 g/mol. The van der Waals surface area contributed by atoms with Crippen molar-refractivity contribution in [2.24, 2.45) is 0 Å². The van der Waals surface area contributed by atoms with Gasteiger partial charge in [-0.3, -0.25) is 0 Å². The highest BCUT2D eigenvalue weighted by Gasteiger charge is 2.44. The van der Waals surface area contributed by atoms with E-state index in [1.807, 2.05) is 20.8 Å². The van der Waals surface area contributed by atoms with Crippen molar-refractivity contribution in [3.8, 4) is 0 Å². The van der Waals surface area contributed by atoms with Crippen molar-refractivity contribution in [2.45, 2.75) is 111 Å². The summed E-state index contributed by atoms with van der Waals surface area (Å²) in [4.78, 5) is 27.4. The minimum Gasteiger partial charge on any atom is -0.444 e. The van der Waals surface area contributed by atoms with Crippen LogP contribution in [0.4, 0.5) is 18.4 Å². The molecule has 3 aliphatic heterocycles. The summed E-state index contributed by atoms with van der Waals surface area (Å²) in [5.74, 6) is -0.729. The van der Waals surface area contributed by atoms with Gasteiger partial charge in [0.15, 0.2) is 0 Å². The molecule has 2 saturated heterocycles. The van der Waals surface area contributed by atoms with Crippen LogP contribution in [-0.4, -0.2) is 68.6 Å². The highest BCUT2D eigenvalue weighted by Crippen LogP contribution is 2.40. The van der Waals surface area contributed by atoms with E-state index in [-0.39, 0.29) is 38.1 Å². The lowest BCUT2D eigenvalue weighted by atomic mass is 9.90. The van der Waals surface area contributed by atoms with Crippen molar-refractivity contribution in [2.75, 3.05) is 13.1 Å². The van der Waals surface area contributed by atoms with Crippen LogP contribution in [0, 0.1) is 11.6 Å². The minimum atomic E-state index is -0.982. The molecule has 0 radical (unpaired) electrons. The van der Waals surface area contributed by atoms with E-state index in [1.165, 1.54) is 35.2 Å². The Morgan fingerprint density at radius 3 is 2.02 bits per heavy atom. The zero-order valence-electron chi connectivity index (χ0n) is 25.6. The SMILES string of the molecule is C.CC(C)(C)OC(=O)N1CC[C@H]1C(O)c1ccc(F)cc1CO.CC(C)(C)OC(=O)N1CC[C@H]1C1OCc2cc(F)ccc21. The van der Waals surface area contributed by atoms with Crippen molar-refractivity contribution < 1.29 is 42.8 Å². The molecule has 0 spiro atoms. The van der Waals surface area contributed by atoms with Crippen LogP contribution in [0.1, 0.15) is 96.3 Å².